The van der Waals surface area contributed by atoms with Crippen molar-refractivity contribution in [2.45, 2.75) is 6.10 Å². The standard InChI is InChI=1S/C19H15BrN2O2/c20-17-9-7-15(8-10-17)18(23)19(24)22-21-12-13-5-6-14-3-1-2-4-16(14)11-13/h1-12,18,23H,(H,22,24)/b21-12-/t18-/m1/s1. The Morgan fingerprint density at radius 3 is 2.50 bits per heavy atom. The molecule has 0 unspecified atom stereocenters. The maximum absolute atomic E-state index is 11.9. The molecule has 0 bridgehead atoms. The van der Waals surface area contributed by atoms with Gasteiger partial charge in [0, 0.05) is 4.47 Å². The van der Waals surface area contributed by atoms with Crippen molar-refractivity contribution in [1.82, 2.24) is 5.43 Å². The van der Waals surface area contributed by atoms with Crippen LogP contribution < -0.4 is 5.43 Å². The van der Waals surface area contributed by atoms with Crippen molar-refractivity contribution < 1.29 is 9.90 Å². The Kier molecular flexibility index (Phi) is 5.03. The van der Waals surface area contributed by atoms with Gasteiger partial charge in [0.2, 0.25) is 0 Å². The highest BCUT2D eigenvalue weighted by atomic mass is 79.9. The Hall–Kier alpha value is -2.50. The van der Waals surface area contributed by atoms with Gasteiger partial charge < -0.3 is 5.11 Å². The van der Waals surface area contributed by atoms with Crippen molar-refractivity contribution in [3.8, 4) is 0 Å². The van der Waals surface area contributed by atoms with Crippen LogP contribution in [0.25, 0.3) is 10.8 Å². The van der Waals surface area contributed by atoms with Gasteiger partial charge in [0.1, 0.15) is 0 Å². The van der Waals surface area contributed by atoms with E-state index in [1.54, 1.807) is 30.5 Å². The number of halogens is 1. The molecular weight excluding hydrogens is 368 g/mol. The Morgan fingerprint density at radius 2 is 1.75 bits per heavy atom. The van der Waals surface area contributed by atoms with Crippen LogP contribution in [0.2, 0.25) is 0 Å². The summed E-state index contributed by atoms with van der Waals surface area (Å²) in [6, 6.07) is 20.8. The van der Waals surface area contributed by atoms with Gasteiger partial charge in [-0.25, -0.2) is 5.43 Å². The van der Waals surface area contributed by atoms with Gasteiger partial charge in [0.15, 0.2) is 6.10 Å². The number of rotatable bonds is 4. The lowest BCUT2D eigenvalue weighted by Crippen LogP contribution is -2.25. The van der Waals surface area contributed by atoms with E-state index in [0.29, 0.717) is 5.56 Å². The van der Waals surface area contributed by atoms with Crippen molar-refractivity contribution in [1.29, 1.82) is 0 Å². The number of hydrogen-bond acceptors (Lipinski definition) is 3. The quantitative estimate of drug-likeness (QED) is 0.532. The van der Waals surface area contributed by atoms with Crippen LogP contribution in [0.5, 0.6) is 0 Å². The summed E-state index contributed by atoms with van der Waals surface area (Å²) in [5.41, 5.74) is 3.74. The molecule has 0 aliphatic heterocycles. The molecular formula is C19H15BrN2O2. The molecule has 0 radical (unpaired) electrons. The maximum Gasteiger partial charge on any atom is 0.273 e. The fourth-order valence-electron chi connectivity index (χ4n) is 2.32. The Labute approximate surface area is 148 Å². The SMILES string of the molecule is O=C(N/N=C\c1ccc2ccccc2c1)[C@H](O)c1ccc(Br)cc1. The number of fused-ring (bicyclic) bond motifs is 1. The maximum atomic E-state index is 11.9. The highest BCUT2D eigenvalue weighted by molar-refractivity contribution is 9.10. The molecule has 5 heteroatoms. The average Bonchev–Trinajstić information content (AvgIpc) is 2.61. The average molecular weight is 383 g/mol. The van der Waals surface area contributed by atoms with Crippen LogP contribution in [0, 0.1) is 0 Å². The molecule has 0 aliphatic rings. The zero-order valence-corrected chi connectivity index (χ0v) is 14.3. The van der Waals surface area contributed by atoms with Gasteiger partial charge in [0.05, 0.1) is 6.21 Å². The molecule has 0 saturated carbocycles. The van der Waals surface area contributed by atoms with Gasteiger partial charge >= 0.3 is 0 Å². The number of nitrogens with zero attached hydrogens (tertiary/aromatic N) is 1. The smallest absolute Gasteiger partial charge is 0.273 e. The van der Waals surface area contributed by atoms with Gasteiger partial charge in [0.25, 0.3) is 5.91 Å². The molecule has 24 heavy (non-hydrogen) atoms. The summed E-state index contributed by atoms with van der Waals surface area (Å²) in [4.78, 5) is 11.9. The fraction of sp³-hybridized carbons (Fsp3) is 0.0526. The summed E-state index contributed by atoms with van der Waals surface area (Å²) >= 11 is 3.31. The number of aliphatic hydroxyl groups is 1. The molecule has 0 saturated heterocycles. The highest BCUT2D eigenvalue weighted by Crippen LogP contribution is 2.17. The van der Waals surface area contributed by atoms with E-state index in [2.05, 4.69) is 26.5 Å². The predicted octanol–water partition coefficient (Wildman–Crippen LogP) is 3.79. The van der Waals surface area contributed by atoms with Crippen molar-refractivity contribution in [2.75, 3.05) is 0 Å². The van der Waals surface area contributed by atoms with E-state index in [0.717, 1.165) is 20.8 Å². The molecule has 1 amide bonds. The first kappa shape index (κ1) is 16.4. The summed E-state index contributed by atoms with van der Waals surface area (Å²) in [6.45, 7) is 0. The molecule has 4 nitrogen and oxygen atoms in total. The first-order valence-electron chi connectivity index (χ1n) is 7.39. The van der Waals surface area contributed by atoms with E-state index in [-0.39, 0.29) is 0 Å². The minimum Gasteiger partial charge on any atom is -0.378 e. The summed E-state index contributed by atoms with van der Waals surface area (Å²) in [5.74, 6) is -0.575. The Bertz CT molecular complexity index is 891. The first-order valence-corrected chi connectivity index (χ1v) is 8.18. The van der Waals surface area contributed by atoms with Crippen molar-refractivity contribution in [3.63, 3.8) is 0 Å². The Morgan fingerprint density at radius 1 is 1.04 bits per heavy atom. The minimum absolute atomic E-state index is 0.511. The van der Waals surface area contributed by atoms with Crippen LogP contribution in [0.15, 0.2) is 76.3 Å². The van der Waals surface area contributed by atoms with E-state index in [1.807, 2.05) is 42.5 Å². The molecule has 120 valence electrons. The lowest BCUT2D eigenvalue weighted by molar-refractivity contribution is -0.129. The lowest BCUT2D eigenvalue weighted by atomic mass is 10.1. The number of aliphatic hydroxyl groups excluding tert-OH is 1. The molecule has 0 heterocycles. The van der Waals surface area contributed by atoms with E-state index in [4.69, 9.17) is 0 Å². The van der Waals surface area contributed by atoms with Gasteiger partial charge in [-0.1, -0.05) is 64.5 Å². The lowest BCUT2D eigenvalue weighted by Gasteiger charge is -2.09. The summed E-state index contributed by atoms with van der Waals surface area (Å²) < 4.78 is 0.883. The second kappa shape index (κ2) is 7.38. The summed E-state index contributed by atoms with van der Waals surface area (Å²) in [6.07, 6.45) is 0.297. The number of hydrogen-bond donors (Lipinski definition) is 2. The number of nitrogens with one attached hydrogen (secondary N) is 1. The molecule has 0 spiro atoms. The number of benzene rings is 3. The third-order valence-electron chi connectivity index (χ3n) is 3.60. The topological polar surface area (TPSA) is 61.7 Å². The molecule has 3 aromatic carbocycles. The second-order valence-electron chi connectivity index (χ2n) is 5.29. The van der Waals surface area contributed by atoms with E-state index >= 15 is 0 Å². The molecule has 0 fully saturated rings. The number of carbonyl (C=O) groups is 1. The van der Waals surface area contributed by atoms with Gasteiger partial charge in [-0.3, -0.25) is 4.79 Å². The fourth-order valence-corrected chi connectivity index (χ4v) is 2.58. The van der Waals surface area contributed by atoms with Crippen molar-refractivity contribution in [3.05, 3.63) is 82.3 Å². The number of hydrazone groups is 1. The van der Waals surface area contributed by atoms with Crippen molar-refractivity contribution >= 4 is 38.8 Å². The monoisotopic (exact) mass is 382 g/mol. The molecule has 1 atom stereocenters. The molecule has 0 aliphatic carbocycles. The second-order valence-corrected chi connectivity index (χ2v) is 6.21. The summed E-state index contributed by atoms with van der Waals surface area (Å²) in [7, 11) is 0. The molecule has 3 aromatic rings. The van der Waals surface area contributed by atoms with E-state index in [9.17, 15) is 9.90 Å². The number of carbonyl (C=O) groups excluding carboxylic acids is 1. The van der Waals surface area contributed by atoms with Gasteiger partial charge in [-0.05, 0) is 40.1 Å². The van der Waals surface area contributed by atoms with Crippen molar-refractivity contribution in [2.24, 2.45) is 5.10 Å². The largest absolute Gasteiger partial charge is 0.378 e. The Balaban J connectivity index is 1.66. The molecule has 0 aromatic heterocycles. The van der Waals surface area contributed by atoms with Crippen LogP contribution >= 0.6 is 15.9 Å². The van der Waals surface area contributed by atoms with Crippen LogP contribution in [-0.2, 0) is 4.79 Å². The third kappa shape index (κ3) is 3.88. The van der Waals surface area contributed by atoms with E-state index < -0.39 is 12.0 Å². The predicted molar refractivity (Wildman–Crippen MR) is 98.8 cm³/mol. The van der Waals surface area contributed by atoms with Gasteiger partial charge in [-0.2, -0.15) is 5.10 Å². The highest BCUT2D eigenvalue weighted by Gasteiger charge is 2.16. The number of amides is 1. The molecule has 2 N–H and O–H groups in total. The normalized spacial score (nSPS) is 12.4. The van der Waals surface area contributed by atoms with Crippen LogP contribution in [0.3, 0.4) is 0 Å². The van der Waals surface area contributed by atoms with Crippen LogP contribution in [-0.4, -0.2) is 17.2 Å². The minimum atomic E-state index is -1.26. The van der Waals surface area contributed by atoms with Crippen LogP contribution in [0.4, 0.5) is 0 Å². The van der Waals surface area contributed by atoms with Crippen LogP contribution in [0.1, 0.15) is 17.2 Å². The zero-order valence-electron chi connectivity index (χ0n) is 12.7. The zero-order chi connectivity index (χ0) is 16.9. The molecule has 3 rings (SSSR count). The summed E-state index contributed by atoms with van der Waals surface area (Å²) in [5, 5.41) is 16.2. The van der Waals surface area contributed by atoms with E-state index in [1.165, 1.54) is 0 Å². The first-order chi connectivity index (χ1) is 11.6. The van der Waals surface area contributed by atoms with Gasteiger partial charge in [-0.15, -0.1) is 0 Å². The third-order valence-corrected chi connectivity index (χ3v) is 4.12.